The van der Waals surface area contributed by atoms with Crippen LogP contribution in [-0.4, -0.2) is 30.1 Å². The van der Waals surface area contributed by atoms with Crippen molar-refractivity contribution in [2.75, 3.05) is 13.1 Å². The second kappa shape index (κ2) is 5.37. The Kier molecular flexibility index (Phi) is 3.62. The Morgan fingerprint density at radius 2 is 1.94 bits per heavy atom. The average Bonchev–Trinajstić information content (AvgIpc) is 2.42. The summed E-state index contributed by atoms with van der Waals surface area (Å²) in [5.74, 6) is -0.144. The third-order valence-corrected chi connectivity index (χ3v) is 4.30. The monoisotopic (exact) mass is 248 g/mol. The Hall–Kier alpha value is -0.930. The number of hydrogen-bond donors (Lipinski definition) is 1. The number of halogens is 1. The SMILES string of the molecule is Fc1ccc(CN2CCN[C@H]3CCCC[C@H]32)cc1. The van der Waals surface area contributed by atoms with E-state index in [0.29, 0.717) is 12.1 Å². The predicted octanol–water partition coefficient (Wildman–Crippen LogP) is 2.54. The Balaban J connectivity index is 1.69. The van der Waals surface area contributed by atoms with Crippen LogP contribution in [-0.2, 0) is 6.54 Å². The molecule has 1 heterocycles. The number of benzene rings is 1. The second-order valence-corrected chi connectivity index (χ2v) is 5.51. The maximum Gasteiger partial charge on any atom is 0.123 e. The molecular weight excluding hydrogens is 227 g/mol. The van der Waals surface area contributed by atoms with Crippen LogP contribution in [0.15, 0.2) is 24.3 Å². The van der Waals surface area contributed by atoms with Gasteiger partial charge < -0.3 is 5.32 Å². The molecule has 0 spiro atoms. The largest absolute Gasteiger partial charge is 0.311 e. The molecule has 1 N–H and O–H groups in total. The molecule has 2 nitrogen and oxygen atoms in total. The van der Waals surface area contributed by atoms with Crippen molar-refractivity contribution in [1.29, 1.82) is 0 Å². The molecule has 18 heavy (non-hydrogen) atoms. The van der Waals surface area contributed by atoms with Gasteiger partial charge in [0, 0.05) is 31.7 Å². The van der Waals surface area contributed by atoms with E-state index < -0.39 is 0 Å². The van der Waals surface area contributed by atoms with Gasteiger partial charge in [-0.25, -0.2) is 4.39 Å². The summed E-state index contributed by atoms with van der Waals surface area (Å²) in [5, 5.41) is 3.64. The van der Waals surface area contributed by atoms with Gasteiger partial charge in [-0.15, -0.1) is 0 Å². The molecule has 1 aromatic rings. The molecule has 2 fully saturated rings. The van der Waals surface area contributed by atoms with Crippen LogP contribution in [0.5, 0.6) is 0 Å². The average molecular weight is 248 g/mol. The highest BCUT2D eigenvalue weighted by atomic mass is 19.1. The minimum atomic E-state index is -0.144. The van der Waals surface area contributed by atoms with Gasteiger partial charge in [-0.1, -0.05) is 25.0 Å². The first-order chi connectivity index (χ1) is 8.83. The van der Waals surface area contributed by atoms with Crippen molar-refractivity contribution in [2.45, 2.75) is 44.3 Å². The number of nitrogens with one attached hydrogen (secondary N) is 1. The van der Waals surface area contributed by atoms with Crippen LogP contribution in [0.1, 0.15) is 31.2 Å². The predicted molar refractivity (Wildman–Crippen MR) is 70.9 cm³/mol. The highest BCUT2D eigenvalue weighted by Gasteiger charge is 2.32. The summed E-state index contributed by atoms with van der Waals surface area (Å²) in [6.07, 6.45) is 5.32. The quantitative estimate of drug-likeness (QED) is 0.865. The summed E-state index contributed by atoms with van der Waals surface area (Å²) in [5.41, 5.74) is 1.22. The summed E-state index contributed by atoms with van der Waals surface area (Å²) < 4.78 is 12.9. The Bertz CT molecular complexity index is 388. The van der Waals surface area contributed by atoms with Crippen molar-refractivity contribution in [3.63, 3.8) is 0 Å². The zero-order valence-corrected chi connectivity index (χ0v) is 10.7. The lowest BCUT2D eigenvalue weighted by Crippen LogP contribution is -2.58. The molecule has 0 bridgehead atoms. The smallest absolute Gasteiger partial charge is 0.123 e. The van der Waals surface area contributed by atoms with Gasteiger partial charge in [-0.3, -0.25) is 4.90 Å². The molecule has 0 unspecified atom stereocenters. The van der Waals surface area contributed by atoms with Crippen molar-refractivity contribution < 1.29 is 4.39 Å². The highest BCUT2D eigenvalue weighted by molar-refractivity contribution is 5.16. The van der Waals surface area contributed by atoms with Crippen molar-refractivity contribution in [1.82, 2.24) is 10.2 Å². The van der Waals surface area contributed by atoms with Gasteiger partial charge in [-0.2, -0.15) is 0 Å². The lowest BCUT2D eigenvalue weighted by atomic mass is 9.87. The molecule has 1 saturated heterocycles. The minimum absolute atomic E-state index is 0.144. The maximum absolute atomic E-state index is 12.9. The Morgan fingerprint density at radius 1 is 1.17 bits per heavy atom. The maximum atomic E-state index is 12.9. The van der Waals surface area contributed by atoms with Crippen LogP contribution in [0.3, 0.4) is 0 Å². The molecule has 1 saturated carbocycles. The van der Waals surface area contributed by atoms with Gasteiger partial charge in [0.25, 0.3) is 0 Å². The molecule has 98 valence electrons. The van der Waals surface area contributed by atoms with Crippen LogP contribution in [0, 0.1) is 5.82 Å². The first kappa shape index (κ1) is 12.1. The van der Waals surface area contributed by atoms with E-state index in [2.05, 4.69) is 10.2 Å². The van der Waals surface area contributed by atoms with E-state index in [4.69, 9.17) is 0 Å². The van der Waals surface area contributed by atoms with Gasteiger partial charge in [0.15, 0.2) is 0 Å². The van der Waals surface area contributed by atoms with Gasteiger partial charge >= 0.3 is 0 Å². The molecular formula is C15H21FN2. The first-order valence-electron chi connectivity index (χ1n) is 7.05. The molecule has 1 aliphatic carbocycles. The third kappa shape index (κ3) is 2.57. The van der Waals surface area contributed by atoms with Crippen LogP contribution < -0.4 is 5.32 Å². The summed E-state index contributed by atoms with van der Waals surface area (Å²) in [6.45, 7) is 3.16. The van der Waals surface area contributed by atoms with Crippen molar-refractivity contribution in [2.24, 2.45) is 0 Å². The normalized spacial score (nSPS) is 28.9. The van der Waals surface area contributed by atoms with Crippen molar-refractivity contribution in [3.8, 4) is 0 Å². The van der Waals surface area contributed by atoms with E-state index in [-0.39, 0.29) is 5.82 Å². The van der Waals surface area contributed by atoms with Crippen molar-refractivity contribution >= 4 is 0 Å². The standard InChI is InChI=1S/C15H21FN2/c16-13-7-5-12(6-8-13)11-18-10-9-17-14-3-1-2-4-15(14)18/h5-8,14-15,17H,1-4,9-11H2/t14-,15+/m0/s1. The molecule has 0 amide bonds. The molecule has 0 radical (unpaired) electrons. The molecule has 3 rings (SSSR count). The first-order valence-corrected chi connectivity index (χ1v) is 7.05. The Labute approximate surface area is 108 Å². The summed E-state index contributed by atoms with van der Waals surface area (Å²) in [7, 11) is 0. The summed E-state index contributed by atoms with van der Waals surface area (Å²) >= 11 is 0. The van der Waals surface area contributed by atoms with Gasteiger partial charge in [0.05, 0.1) is 0 Å². The lowest BCUT2D eigenvalue weighted by molar-refractivity contribution is 0.0815. The molecule has 1 aliphatic heterocycles. The lowest BCUT2D eigenvalue weighted by Gasteiger charge is -2.44. The van der Waals surface area contributed by atoms with Gasteiger partial charge in [0.2, 0.25) is 0 Å². The summed E-state index contributed by atoms with van der Waals surface area (Å²) in [4.78, 5) is 2.58. The minimum Gasteiger partial charge on any atom is -0.311 e. The van der Waals surface area contributed by atoms with Gasteiger partial charge in [0.1, 0.15) is 5.82 Å². The van der Waals surface area contributed by atoms with E-state index in [1.807, 2.05) is 12.1 Å². The molecule has 1 aromatic carbocycles. The van der Waals surface area contributed by atoms with E-state index in [0.717, 1.165) is 19.6 Å². The van der Waals surface area contributed by atoms with Crippen LogP contribution in [0.4, 0.5) is 4.39 Å². The third-order valence-electron chi connectivity index (χ3n) is 4.30. The number of fused-ring (bicyclic) bond motifs is 1. The second-order valence-electron chi connectivity index (χ2n) is 5.51. The molecule has 3 heteroatoms. The van der Waals surface area contributed by atoms with E-state index in [1.165, 1.54) is 31.2 Å². The zero-order chi connectivity index (χ0) is 12.4. The molecule has 2 atom stereocenters. The number of hydrogen-bond acceptors (Lipinski definition) is 2. The van der Waals surface area contributed by atoms with E-state index in [1.54, 1.807) is 12.1 Å². The fraction of sp³-hybridized carbons (Fsp3) is 0.600. The zero-order valence-electron chi connectivity index (χ0n) is 10.7. The number of piperazine rings is 1. The molecule has 2 aliphatic rings. The van der Waals surface area contributed by atoms with Crippen molar-refractivity contribution in [3.05, 3.63) is 35.6 Å². The van der Waals surface area contributed by atoms with Gasteiger partial charge in [-0.05, 0) is 30.5 Å². The fourth-order valence-electron chi connectivity index (χ4n) is 3.37. The van der Waals surface area contributed by atoms with E-state index >= 15 is 0 Å². The highest BCUT2D eigenvalue weighted by Crippen LogP contribution is 2.26. The number of rotatable bonds is 2. The topological polar surface area (TPSA) is 15.3 Å². The van der Waals surface area contributed by atoms with Crippen LogP contribution in [0.25, 0.3) is 0 Å². The fourth-order valence-corrected chi connectivity index (χ4v) is 3.37. The van der Waals surface area contributed by atoms with Crippen LogP contribution >= 0.6 is 0 Å². The van der Waals surface area contributed by atoms with Crippen LogP contribution in [0.2, 0.25) is 0 Å². The molecule has 0 aromatic heterocycles. The Morgan fingerprint density at radius 3 is 2.78 bits per heavy atom. The number of nitrogens with zero attached hydrogens (tertiary/aromatic N) is 1. The summed E-state index contributed by atoms with van der Waals surface area (Å²) in [6, 6.07) is 8.31. The van der Waals surface area contributed by atoms with E-state index in [9.17, 15) is 4.39 Å².